The van der Waals surface area contributed by atoms with Crippen LogP contribution in [0.2, 0.25) is 0 Å². The summed E-state index contributed by atoms with van der Waals surface area (Å²) in [6, 6.07) is 7.45. The lowest BCUT2D eigenvalue weighted by atomic mass is 10.2. The molecule has 110 valence electrons. The molecule has 1 amide bonds. The SMILES string of the molecule is CCOc1ccc(CN(C)C(=O)COCC(=O)O)cc1. The standard InChI is InChI=1S/C14H19NO5/c1-3-20-12-6-4-11(5-7-12)8-15(2)13(16)9-19-10-14(17)18/h4-7H,3,8-10H2,1-2H3,(H,17,18). The van der Waals surface area contributed by atoms with E-state index in [1.807, 2.05) is 31.2 Å². The first-order valence-electron chi connectivity index (χ1n) is 6.28. The number of aliphatic carboxylic acids is 1. The van der Waals surface area contributed by atoms with Gasteiger partial charge in [0.25, 0.3) is 0 Å². The van der Waals surface area contributed by atoms with Gasteiger partial charge in [0.15, 0.2) is 0 Å². The zero-order valence-electron chi connectivity index (χ0n) is 11.7. The lowest BCUT2D eigenvalue weighted by molar-refractivity contribution is -0.145. The molecule has 0 heterocycles. The molecule has 1 rings (SSSR count). The van der Waals surface area contributed by atoms with Crippen LogP contribution in [-0.4, -0.2) is 48.8 Å². The zero-order chi connectivity index (χ0) is 15.0. The Morgan fingerprint density at radius 3 is 2.40 bits per heavy atom. The summed E-state index contributed by atoms with van der Waals surface area (Å²) in [6.07, 6.45) is 0. The van der Waals surface area contributed by atoms with Crippen LogP contribution >= 0.6 is 0 Å². The number of likely N-dealkylation sites (N-methyl/N-ethyl adjacent to an activating group) is 1. The van der Waals surface area contributed by atoms with Crippen molar-refractivity contribution in [2.24, 2.45) is 0 Å². The summed E-state index contributed by atoms with van der Waals surface area (Å²) in [4.78, 5) is 23.4. The molecular weight excluding hydrogens is 262 g/mol. The van der Waals surface area contributed by atoms with Crippen LogP contribution in [0.3, 0.4) is 0 Å². The molecule has 0 unspecified atom stereocenters. The van der Waals surface area contributed by atoms with Crippen molar-refractivity contribution in [3.8, 4) is 5.75 Å². The number of carboxylic acids is 1. The monoisotopic (exact) mass is 281 g/mol. The molecule has 0 bridgehead atoms. The van der Waals surface area contributed by atoms with Gasteiger partial charge >= 0.3 is 5.97 Å². The normalized spacial score (nSPS) is 10.1. The van der Waals surface area contributed by atoms with Crippen molar-refractivity contribution in [2.45, 2.75) is 13.5 Å². The van der Waals surface area contributed by atoms with E-state index in [1.165, 1.54) is 4.90 Å². The Labute approximate surface area is 117 Å². The van der Waals surface area contributed by atoms with Crippen LogP contribution in [0.1, 0.15) is 12.5 Å². The quantitative estimate of drug-likeness (QED) is 0.773. The summed E-state index contributed by atoms with van der Waals surface area (Å²) < 4.78 is 10.1. The first-order chi connectivity index (χ1) is 9.52. The van der Waals surface area contributed by atoms with E-state index in [0.29, 0.717) is 13.2 Å². The third-order valence-electron chi connectivity index (χ3n) is 2.53. The highest BCUT2D eigenvalue weighted by molar-refractivity contribution is 5.77. The maximum Gasteiger partial charge on any atom is 0.329 e. The molecule has 1 aromatic carbocycles. The lowest BCUT2D eigenvalue weighted by Crippen LogP contribution is -2.30. The van der Waals surface area contributed by atoms with Crippen LogP contribution in [0.4, 0.5) is 0 Å². The zero-order valence-corrected chi connectivity index (χ0v) is 11.7. The first-order valence-corrected chi connectivity index (χ1v) is 6.28. The molecule has 0 spiro atoms. The van der Waals surface area contributed by atoms with Gasteiger partial charge in [0.2, 0.25) is 5.91 Å². The van der Waals surface area contributed by atoms with E-state index < -0.39 is 12.6 Å². The topological polar surface area (TPSA) is 76.1 Å². The molecule has 0 fully saturated rings. The maximum absolute atomic E-state index is 11.7. The van der Waals surface area contributed by atoms with Gasteiger partial charge in [0, 0.05) is 13.6 Å². The fraction of sp³-hybridized carbons (Fsp3) is 0.429. The molecule has 1 N–H and O–H groups in total. The summed E-state index contributed by atoms with van der Waals surface area (Å²) in [5, 5.41) is 8.41. The molecule has 6 heteroatoms. The minimum Gasteiger partial charge on any atom is -0.494 e. The molecule has 0 saturated heterocycles. The van der Waals surface area contributed by atoms with E-state index in [9.17, 15) is 9.59 Å². The number of nitrogens with zero attached hydrogens (tertiary/aromatic N) is 1. The molecule has 6 nitrogen and oxygen atoms in total. The lowest BCUT2D eigenvalue weighted by Gasteiger charge is -2.17. The second-order valence-corrected chi connectivity index (χ2v) is 4.21. The molecule has 0 atom stereocenters. The van der Waals surface area contributed by atoms with Crippen molar-refractivity contribution in [3.63, 3.8) is 0 Å². The fourth-order valence-electron chi connectivity index (χ4n) is 1.56. The molecule has 0 aliphatic heterocycles. The average Bonchev–Trinajstić information content (AvgIpc) is 2.40. The highest BCUT2D eigenvalue weighted by Crippen LogP contribution is 2.13. The van der Waals surface area contributed by atoms with Gasteiger partial charge in [-0.2, -0.15) is 0 Å². The number of amides is 1. The predicted molar refractivity (Wildman–Crippen MR) is 72.5 cm³/mol. The van der Waals surface area contributed by atoms with Crippen molar-refractivity contribution in [3.05, 3.63) is 29.8 Å². The van der Waals surface area contributed by atoms with Crippen molar-refractivity contribution in [2.75, 3.05) is 26.9 Å². The largest absolute Gasteiger partial charge is 0.494 e. The van der Waals surface area contributed by atoms with E-state index >= 15 is 0 Å². The van der Waals surface area contributed by atoms with E-state index in [4.69, 9.17) is 14.6 Å². The summed E-state index contributed by atoms with van der Waals surface area (Å²) in [7, 11) is 1.64. The van der Waals surface area contributed by atoms with Gasteiger partial charge in [-0.25, -0.2) is 4.79 Å². The summed E-state index contributed by atoms with van der Waals surface area (Å²) in [6.45, 7) is 2.25. The number of hydrogen-bond donors (Lipinski definition) is 1. The second kappa shape index (κ2) is 8.16. The Balaban J connectivity index is 2.42. The Kier molecular flexibility index (Phi) is 6.52. The number of carbonyl (C=O) groups excluding carboxylic acids is 1. The molecular formula is C14H19NO5. The van der Waals surface area contributed by atoms with Crippen molar-refractivity contribution in [1.82, 2.24) is 4.90 Å². The van der Waals surface area contributed by atoms with Crippen LogP contribution in [-0.2, 0) is 20.9 Å². The van der Waals surface area contributed by atoms with Crippen LogP contribution in [0.15, 0.2) is 24.3 Å². The highest BCUT2D eigenvalue weighted by Gasteiger charge is 2.10. The predicted octanol–water partition coefficient (Wildman–Crippen LogP) is 1.14. The Bertz CT molecular complexity index is 443. The van der Waals surface area contributed by atoms with Crippen molar-refractivity contribution < 1.29 is 24.2 Å². The van der Waals surface area contributed by atoms with Gasteiger partial charge in [0.1, 0.15) is 19.0 Å². The highest BCUT2D eigenvalue weighted by atomic mass is 16.5. The Morgan fingerprint density at radius 1 is 1.20 bits per heavy atom. The van der Waals surface area contributed by atoms with Gasteiger partial charge in [-0.15, -0.1) is 0 Å². The molecule has 0 aliphatic carbocycles. The number of carbonyl (C=O) groups is 2. The number of ether oxygens (including phenoxy) is 2. The number of rotatable bonds is 8. The van der Waals surface area contributed by atoms with Crippen LogP contribution in [0.25, 0.3) is 0 Å². The molecule has 0 radical (unpaired) electrons. The van der Waals surface area contributed by atoms with Crippen LogP contribution < -0.4 is 4.74 Å². The summed E-state index contributed by atoms with van der Waals surface area (Å²) in [5.41, 5.74) is 0.961. The van der Waals surface area contributed by atoms with Crippen LogP contribution in [0, 0.1) is 0 Å². The van der Waals surface area contributed by atoms with E-state index in [2.05, 4.69) is 0 Å². The Hall–Kier alpha value is -2.08. The van der Waals surface area contributed by atoms with E-state index in [1.54, 1.807) is 7.05 Å². The Morgan fingerprint density at radius 2 is 1.85 bits per heavy atom. The number of hydrogen-bond acceptors (Lipinski definition) is 4. The van der Waals surface area contributed by atoms with E-state index in [-0.39, 0.29) is 12.5 Å². The van der Waals surface area contributed by atoms with E-state index in [0.717, 1.165) is 11.3 Å². The van der Waals surface area contributed by atoms with Gasteiger partial charge in [0.05, 0.1) is 6.61 Å². The summed E-state index contributed by atoms with van der Waals surface area (Å²) >= 11 is 0. The minimum absolute atomic E-state index is 0.236. The number of benzene rings is 1. The molecule has 0 aliphatic rings. The number of carboxylic acid groups (broad SMARTS) is 1. The minimum atomic E-state index is -1.09. The second-order valence-electron chi connectivity index (χ2n) is 4.21. The molecule has 1 aromatic rings. The van der Waals surface area contributed by atoms with Gasteiger partial charge in [-0.1, -0.05) is 12.1 Å². The van der Waals surface area contributed by atoms with Gasteiger partial charge < -0.3 is 19.5 Å². The molecule has 0 saturated carbocycles. The molecule has 20 heavy (non-hydrogen) atoms. The van der Waals surface area contributed by atoms with Crippen LogP contribution in [0.5, 0.6) is 5.75 Å². The summed E-state index contributed by atoms with van der Waals surface area (Å²) in [5.74, 6) is -0.567. The smallest absolute Gasteiger partial charge is 0.329 e. The van der Waals surface area contributed by atoms with Crippen molar-refractivity contribution in [1.29, 1.82) is 0 Å². The average molecular weight is 281 g/mol. The van der Waals surface area contributed by atoms with Gasteiger partial charge in [-0.05, 0) is 24.6 Å². The third-order valence-corrected chi connectivity index (χ3v) is 2.53. The van der Waals surface area contributed by atoms with Gasteiger partial charge in [-0.3, -0.25) is 4.79 Å². The fourth-order valence-corrected chi connectivity index (χ4v) is 1.56. The third kappa shape index (κ3) is 5.71. The molecule has 0 aromatic heterocycles. The first kappa shape index (κ1) is 16.0. The van der Waals surface area contributed by atoms with Crippen molar-refractivity contribution >= 4 is 11.9 Å². The maximum atomic E-state index is 11.7.